The molecule has 1 amide bonds. The number of esters is 3. The molecule has 4 aromatic carbocycles. The van der Waals surface area contributed by atoms with Crippen LogP contribution in [0.15, 0.2) is 120 Å². The average molecular weight is 688 g/mol. The Morgan fingerprint density at radius 3 is 1.67 bits per heavy atom. The number of hydrogen-bond donors (Lipinski definition) is 1. The van der Waals surface area contributed by atoms with Gasteiger partial charge in [-0.15, -0.1) is 0 Å². The third-order valence-electron chi connectivity index (χ3n) is 7.84. The van der Waals surface area contributed by atoms with E-state index in [1.165, 1.54) is 72.8 Å². The summed E-state index contributed by atoms with van der Waals surface area (Å²) in [6.45, 7) is 0.929. The highest BCUT2D eigenvalue weighted by atomic mass is 32.2. The fourth-order valence-corrected chi connectivity index (χ4v) is 6.90. The molecule has 0 spiro atoms. The molecule has 1 N–H and O–H groups in total. The summed E-state index contributed by atoms with van der Waals surface area (Å²) in [5.74, 6) is -4.20. The second-order valence-corrected chi connectivity index (χ2v) is 12.9. The molecule has 49 heavy (non-hydrogen) atoms. The summed E-state index contributed by atoms with van der Waals surface area (Å²) < 4.78 is 51.9. The molecule has 1 heterocycles. The van der Waals surface area contributed by atoms with Gasteiger partial charge in [-0.1, -0.05) is 72.3 Å². The van der Waals surface area contributed by atoms with Gasteiger partial charge in [-0.2, -0.15) is 0 Å². The van der Waals surface area contributed by atoms with E-state index in [2.05, 4.69) is 0 Å². The van der Waals surface area contributed by atoms with Crippen molar-refractivity contribution in [3.8, 4) is 0 Å². The first kappa shape index (κ1) is 35.0. The molecule has 12 nitrogen and oxygen atoms in total. The van der Waals surface area contributed by atoms with Crippen molar-refractivity contribution in [3.63, 3.8) is 0 Å². The molecule has 1 fully saturated rings. The van der Waals surface area contributed by atoms with Gasteiger partial charge in [0.15, 0.2) is 18.2 Å². The van der Waals surface area contributed by atoms with Gasteiger partial charge < -0.3 is 24.1 Å². The van der Waals surface area contributed by atoms with Crippen molar-refractivity contribution in [2.75, 3.05) is 13.7 Å². The van der Waals surface area contributed by atoms with E-state index in [0.29, 0.717) is 4.31 Å². The number of hydrogen-bond acceptors (Lipinski definition) is 11. The maximum absolute atomic E-state index is 14.4. The van der Waals surface area contributed by atoms with Gasteiger partial charge in [0, 0.05) is 5.56 Å². The van der Waals surface area contributed by atoms with Gasteiger partial charge in [0.05, 0.1) is 29.7 Å². The number of carbonyl (C=O) groups is 4. The van der Waals surface area contributed by atoms with Gasteiger partial charge in [-0.3, -0.25) is 4.79 Å². The third-order valence-corrected chi connectivity index (χ3v) is 9.62. The Labute approximate surface area is 282 Å². The van der Waals surface area contributed by atoms with E-state index >= 15 is 0 Å². The lowest BCUT2D eigenvalue weighted by Crippen LogP contribution is -2.58. The van der Waals surface area contributed by atoms with Gasteiger partial charge in [0.1, 0.15) is 12.2 Å². The summed E-state index contributed by atoms with van der Waals surface area (Å²) in [7, 11) is -3.89. The number of sulfonamides is 1. The lowest BCUT2D eigenvalue weighted by molar-refractivity contribution is -0.152. The predicted molar refractivity (Wildman–Crippen MR) is 174 cm³/mol. The molecule has 0 aromatic heterocycles. The summed E-state index contributed by atoms with van der Waals surface area (Å²) in [6, 6.07) is 26.3. The van der Waals surface area contributed by atoms with Crippen molar-refractivity contribution in [3.05, 3.63) is 138 Å². The summed E-state index contributed by atoms with van der Waals surface area (Å²) in [5, 5.41) is 10.4. The molecule has 13 heteroatoms. The van der Waals surface area contributed by atoms with E-state index in [9.17, 15) is 32.7 Å². The number of nitrogens with zero attached hydrogens (tertiary/aromatic N) is 1. The number of ether oxygens (including phenoxy) is 4. The summed E-state index contributed by atoms with van der Waals surface area (Å²) in [5.41, 5.74) is 0.808. The topological polar surface area (TPSA) is 163 Å². The number of aryl methyl sites for hydroxylation is 1. The van der Waals surface area contributed by atoms with Gasteiger partial charge in [0.25, 0.3) is 15.9 Å². The SMILES string of the molecule is COC(=O)[C@H]([C@H]1O[C@@H](CO)[C@H](OC(=O)c2ccccc2)[C@@H]1OC(=O)c1ccccc1)N(C(=O)c1ccccc1)S(=O)(=O)c1ccc(C)cc1. The second-order valence-electron chi connectivity index (χ2n) is 11.0. The van der Waals surface area contributed by atoms with Crippen molar-refractivity contribution >= 4 is 33.8 Å². The molecule has 0 unspecified atom stereocenters. The maximum atomic E-state index is 14.4. The molecule has 1 saturated heterocycles. The summed E-state index contributed by atoms with van der Waals surface area (Å²) in [6.07, 6.45) is -6.58. The third kappa shape index (κ3) is 7.54. The van der Waals surface area contributed by atoms with Crippen LogP contribution in [-0.2, 0) is 33.8 Å². The first-order valence-corrected chi connectivity index (χ1v) is 16.6. The van der Waals surface area contributed by atoms with Crippen LogP contribution in [0.5, 0.6) is 0 Å². The van der Waals surface area contributed by atoms with Crippen LogP contribution in [-0.4, -0.2) is 85.8 Å². The van der Waals surface area contributed by atoms with Crippen LogP contribution in [0.3, 0.4) is 0 Å². The normalized spacial score (nSPS) is 19.3. The molecule has 1 aliphatic heterocycles. The number of amides is 1. The van der Waals surface area contributed by atoms with Gasteiger partial charge in [-0.05, 0) is 55.5 Å². The predicted octanol–water partition coefficient (Wildman–Crippen LogP) is 3.58. The van der Waals surface area contributed by atoms with Crippen molar-refractivity contribution in [2.24, 2.45) is 0 Å². The van der Waals surface area contributed by atoms with Crippen LogP contribution < -0.4 is 0 Å². The molecule has 4 aromatic rings. The Morgan fingerprint density at radius 2 is 1.20 bits per heavy atom. The minimum atomic E-state index is -4.88. The van der Waals surface area contributed by atoms with E-state index in [1.54, 1.807) is 49.4 Å². The highest BCUT2D eigenvalue weighted by molar-refractivity contribution is 7.89. The minimum absolute atomic E-state index is 0.0703. The van der Waals surface area contributed by atoms with Crippen LogP contribution in [0.2, 0.25) is 0 Å². The standard InChI is InChI=1S/C36H33NO11S/c1-23-18-20-27(21-19-23)49(43,44)37(33(39)24-12-6-3-7-13-24)29(36(42)45-2)31-32(48-35(41)26-16-10-5-11-17-26)30(28(22-38)46-31)47-34(40)25-14-8-4-9-15-25/h3-21,28-32,38H,22H2,1-2H3/t28-,29-,30-,31+,32-/m0/s1. The number of aliphatic hydroxyl groups excluding tert-OH is 1. The number of benzene rings is 4. The molecule has 1 aliphatic rings. The molecular formula is C36H33NO11S. The van der Waals surface area contributed by atoms with E-state index < -0.39 is 70.9 Å². The lowest BCUT2D eigenvalue weighted by Gasteiger charge is -2.34. The quantitative estimate of drug-likeness (QED) is 0.181. The molecule has 5 atom stereocenters. The van der Waals surface area contributed by atoms with E-state index in [-0.39, 0.29) is 21.6 Å². The fraction of sp³-hybridized carbons (Fsp3) is 0.222. The first-order valence-electron chi connectivity index (χ1n) is 15.1. The number of rotatable bonds is 11. The molecule has 0 aliphatic carbocycles. The zero-order valence-corrected chi connectivity index (χ0v) is 27.3. The van der Waals surface area contributed by atoms with Crippen molar-refractivity contribution < 1.29 is 51.6 Å². The Kier molecular flexibility index (Phi) is 10.9. The van der Waals surface area contributed by atoms with Crippen molar-refractivity contribution in [1.82, 2.24) is 4.31 Å². The largest absolute Gasteiger partial charge is 0.467 e. The Balaban J connectivity index is 1.67. The number of methoxy groups -OCH3 is 1. The zero-order chi connectivity index (χ0) is 35.1. The van der Waals surface area contributed by atoms with Crippen LogP contribution in [0, 0.1) is 6.92 Å². The van der Waals surface area contributed by atoms with Crippen LogP contribution in [0.25, 0.3) is 0 Å². The number of carbonyl (C=O) groups excluding carboxylic acids is 4. The Morgan fingerprint density at radius 1 is 0.735 bits per heavy atom. The average Bonchev–Trinajstić information content (AvgIpc) is 3.46. The van der Waals surface area contributed by atoms with Gasteiger partial charge >= 0.3 is 17.9 Å². The van der Waals surface area contributed by atoms with E-state index in [4.69, 9.17) is 18.9 Å². The summed E-state index contributed by atoms with van der Waals surface area (Å²) >= 11 is 0. The van der Waals surface area contributed by atoms with Crippen LogP contribution >= 0.6 is 0 Å². The molecule has 5 rings (SSSR count). The van der Waals surface area contributed by atoms with E-state index in [1.807, 2.05) is 0 Å². The molecule has 0 radical (unpaired) electrons. The van der Waals surface area contributed by atoms with Crippen LogP contribution in [0.4, 0.5) is 0 Å². The highest BCUT2D eigenvalue weighted by Gasteiger charge is 2.58. The zero-order valence-electron chi connectivity index (χ0n) is 26.4. The Bertz CT molecular complexity index is 1890. The van der Waals surface area contributed by atoms with E-state index in [0.717, 1.165) is 12.7 Å². The highest BCUT2D eigenvalue weighted by Crippen LogP contribution is 2.35. The van der Waals surface area contributed by atoms with Gasteiger partial charge in [-0.25, -0.2) is 27.1 Å². The monoisotopic (exact) mass is 687 g/mol. The number of aliphatic hydroxyl groups is 1. The Hall–Kier alpha value is -5.37. The maximum Gasteiger partial charge on any atom is 0.338 e. The smallest absolute Gasteiger partial charge is 0.338 e. The lowest BCUT2D eigenvalue weighted by atomic mass is 10.0. The van der Waals surface area contributed by atoms with Crippen molar-refractivity contribution in [1.29, 1.82) is 0 Å². The first-order chi connectivity index (χ1) is 23.6. The fourth-order valence-electron chi connectivity index (χ4n) is 5.37. The molecular weight excluding hydrogens is 654 g/mol. The summed E-state index contributed by atoms with van der Waals surface area (Å²) in [4.78, 5) is 54.4. The molecule has 254 valence electrons. The molecule has 0 saturated carbocycles. The van der Waals surface area contributed by atoms with Crippen LogP contribution in [0.1, 0.15) is 36.6 Å². The van der Waals surface area contributed by atoms with Gasteiger partial charge in [0.2, 0.25) is 0 Å². The molecule has 0 bridgehead atoms. The second kappa shape index (κ2) is 15.2. The van der Waals surface area contributed by atoms with Crippen molar-refractivity contribution in [2.45, 2.75) is 42.3 Å². The minimum Gasteiger partial charge on any atom is -0.467 e.